The van der Waals surface area contributed by atoms with Crippen molar-refractivity contribution in [1.82, 2.24) is 19.7 Å². The summed E-state index contributed by atoms with van der Waals surface area (Å²) < 4.78 is 7.57. The lowest BCUT2D eigenvalue weighted by atomic mass is 10.0. The predicted molar refractivity (Wildman–Crippen MR) is 124 cm³/mol. The number of aryl methyl sites for hydroxylation is 1. The summed E-state index contributed by atoms with van der Waals surface area (Å²) in [5.74, 6) is 1.94. The molecule has 3 aromatic rings. The van der Waals surface area contributed by atoms with Crippen LogP contribution in [0.25, 0.3) is 17.1 Å². The number of benzene rings is 2. The van der Waals surface area contributed by atoms with Crippen LogP contribution in [0.4, 0.5) is 0 Å². The molecule has 2 heterocycles. The van der Waals surface area contributed by atoms with Crippen LogP contribution in [0.1, 0.15) is 31.7 Å². The third kappa shape index (κ3) is 4.61. The van der Waals surface area contributed by atoms with Crippen molar-refractivity contribution in [2.75, 3.05) is 19.4 Å². The summed E-state index contributed by atoms with van der Waals surface area (Å²) in [6, 6.07) is 16.3. The Hall–Kier alpha value is -2.80. The van der Waals surface area contributed by atoms with Gasteiger partial charge < -0.3 is 9.64 Å². The molecule has 7 heteroatoms. The summed E-state index contributed by atoms with van der Waals surface area (Å²) in [6.45, 7) is 5.04. The summed E-state index contributed by atoms with van der Waals surface area (Å²) in [5, 5.41) is 9.64. The first-order chi connectivity index (χ1) is 15.1. The quantitative estimate of drug-likeness (QED) is 0.522. The maximum Gasteiger partial charge on any atom is 0.233 e. The molecule has 0 spiro atoms. The van der Waals surface area contributed by atoms with Gasteiger partial charge in [-0.15, -0.1) is 10.2 Å². The number of methoxy groups -OCH3 is 1. The Bertz CT molecular complexity index is 1050. The number of aromatic nitrogens is 3. The van der Waals surface area contributed by atoms with Gasteiger partial charge in [-0.1, -0.05) is 41.6 Å². The number of likely N-dealkylation sites (tertiary alicyclic amines) is 1. The van der Waals surface area contributed by atoms with Crippen molar-refractivity contribution in [2.45, 2.75) is 44.3 Å². The van der Waals surface area contributed by atoms with E-state index >= 15 is 0 Å². The van der Waals surface area contributed by atoms with Crippen LogP contribution >= 0.6 is 11.8 Å². The van der Waals surface area contributed by atoms with Crippen LogP contribution in [-0.4, -0.2) is 51.0 Å². The van der Waals surface area contributed by atoms with Crippen molar-refractivity contribution in [1.29, 1.82) is 0 Å². The first-order valence-electron chi connectivity index (χ1n) is 10.7. The molecule has 1 aliphatic heterocycles. The zero-order valence-corrected chi connectivity index (χ0v) is 19.1. The predicted octanol–water partition coefficient (Wildman–Crippen LogP) is 4.74. The lowest BCUT2D eigenvalue weighted by molar-refractivity contribution is -0.131. The molecule has 31 heavy (non-hydrogen) atoms. The summed E-state index contributed by atoms with van der Waals surface area (Å²) in [4.78, 5) is 14.9. The fourth-order valence-corrected chi connectivity index (χ4v) is 4.81. The number of carbonyl (C=O) groups excluding carboxylic acids is 1. The number of hydrogen-bond acceptors (Lipinski definition) is 5. The zero-order chi connectivity index (χ0) is 21.8. The van der Waals surface area contributed by atoms with E-state index in [0.29, 0.717) is 22.8 Å². The van der Waals surface area contributed by atoms with Crippen LogP contribution in [0.15, 0.2) is 53.7 Å². The summed E-state index contributed by atoms with van der Waals surface area (Å²) >= 11 is 1.44. The lowest BCUT2D eigenvalue weighted by Gasteiger charge is -2.33. The second-order valence-corrected chi connectivity index (χ2v) is 8.84. The maximum atomic E-state index is 12.9. The van der Waals surface area contributed by atoms with E-state index in [-0.39, 0.29) is 5.91 Å². The number of amides is 1. The number of hydrogen-bond donors (Lipinski definition) is 0. The minimum atomic E-state index is 0.162. The molecule has 0 radical (unpaired) electrons. The normalized spacial score (nSPS) is 16.4. The van der Waals surface area contributed by atoms with Gasteiger partial charge in [0.15, 0.2) is 11.0 Å². The monoisotopic (exact) mass is 436 g/mol. The largest absolute Gasteiger partial charge is 0.496 e. The van der Waals surface area contributed by atoms with Crippen molar-refractivity contribution >= 4 is 17.7 Å². The summed E-state index contributed by atoms with van der Waals surface area (Å²) in [6.07, 6.45) is 3.36. The Morgan fingerprint density at radius 2 is 1.90 bits per heavy atom. The Morgan fingerprint density at radius 1 is 1.13 bits per heavy atom. The smallest absolute Gasteiger partial charge is 0.233 e. The van der Waals surface area contributed by atoms with E-state index in [1.807, 2.05) is 33.7 Å². The molecule has 4 rings (SSSR count). The van der Waals surface area contributed by atoms with Gasteiger partial charge in [-0.3, -0.25) is 9.36 Å². The van der Waals surface area contributed by atoms with Crippen molar-refractivity contribution in [3.63, 3.8) is 0 Å². The Kier molecular flexibility index (Phi) is 6.61. The van der Waals surface area contributed by atoms with Gasteiger partial charge in [0.1, 0.15) is 5.75 Å². The maximum absolute atomic E-state index is 12.9. The molecule has 162 valence electrons. The summed E-state index contributed by atoms with van der Waals surface area (Å²) in [5.41, 5.74) is 3.00. The second-order valence-electron chi connectivity index (χ2n) is 7.90. The van der Waals surface area contributed by atoms with Crippen LogP contribution in [-0.2, 0) is 4.79 Å². The molecule has 6 nitrogen and oxygen atoms in total. The van der Waals surface area contributed by atoms with E-state index in [2.05, 4.69) is 48.3 Å². The molecule has 0 bridgehead atoms. The molecule has 0 saturated carbocycles. The number of carbonyl (C=O) groups is 1. The standard InChI is InChI=1S/C24H28N4O2S/c1-17-11-13-19(14-12-17)28-23(20-9-4-5-10-21(20)30-3)25-26-24(28)31-16-22(29)27-15-7-6-8-18(27)2/h4-5,9-14,18H,6-8,15-16H2,1-3H3. The van der Waals surface area contributed by atoms with Gasteiger partial charge in [0.2, 0.25) is 5.91 Å². The zero-order valence-electron chi connectivity index (χ0n) is 18.2. The van der Waals surface area contributed by atoms with E-state index in [9.17, 15) is 4.79 Å². The van der Waals surface area contributed by atoms with E-state index in [0.717, 1.165) is 36.4 Å². The molecular weight excluding hydrogens is 408 g/mol. The van der Waals surface area contributed by atoms with E-state index in [4.69, 9.17) is 4.74 Å². The molecule has 2 aromatic carbocycles. The molecular formula is C24H28N4O2S. The number of nitrogens with zero attached hydrogens (tertiary/aromatic N) is 4. The number of ether oxygens (including phenoxy) is 1. The second kappa shape index (κ2) is 9.56. The van der Waals surface area contributed by atoms with E-state index in [1.165, 1.54) is 23.7 Å². The fourth-order valence-electron chi connectivity index (χ4n) is 3.97. The summed E-state index contributed by atoms with van der Waals surface area (Å²) in [7, 11) is 1.65. The third-order valence-corrected chi connectivity index (χ3v) is 6.64. The minimum absolute atomic E-state index is 0.162. The Labute approximate surface area is 187 Å². The Balaban J connectivity index is 1.67. The van der Waals surface area contributed by atoms with Gasteiger partial charge in [-0.25, -0.2) is 0 Å². The molecule has 1 amide bonds. The molecule has 1 aliphatic rings. The molecule has 0 N–H and O–H groups in total. The highest BCUT2D eigenvalue weighted by molar-refractivity contribution is 7.99. The van der Waals surface area contributed by atoms with Crippen LogP contribution in [0.2, 0.25) is 0 Å². The van der Waals surface area contributed by atoms with Crippen LogP contribution in [0.5, 0.6) is 5.75 Å². The van der Waals surface area contributed by atoms with E-state index < -0.39 is 0 Å². The molecule has 1 saturated heterocycles. The van der Waals surface area contributed by atoms with Crippen molar-refractivity contribution < 1.29 is 9.53 Å². The van der Waals surface area contributed by atoms with Crippen molar-refractivity contribution in [3.05, 3.63) is 54.1 Å². The highest BCUT2D eigenvalue weighted by atomic mass is 32.2. The number of thioether (sulfide) groups is 1. The Morgan fingerprint density at radius 3 is 2.65 bits per heavy atom. The molecule has 1 atom stereocenters. The molecule has 0 aliphatic carbocycles. The van der Waals surface area contributed by atoms with Gasteiger partial charge >= 0.3 is 0 Å². The number of para-hydroxylation sites is 1. The molecule has 1 fully saturated rings. The lowest BCUT2D eigenvalue weighted by Crippen LogP contribution is -2.42. The first-order valence-corrected chi connectivity index (χ1v) is 11.6. The van der Waals surface area contributed by atoms with Gasteiger partial charge in [-0.05, 0) is 57.4 Å². The molecule has 1 aromatic heterocycles. The average Bonchev–Trinajstić information content (AvgIpc) is 3.22. The molecule has 1 unspecified atom stereocenters. The highest BCUT2D eigenvalue weighted by Crippen LogP contribution is 2.33. The van der Waals surface area contributed by atoms with Gasteiger partial charge in [0, 0.05) is 18.3 Å². The van der Waals surface area contributed by atoms with Crippen LogP contribution in [0.3, 0.4) is 0 Å². The van der Waals surface area contributed by atoms with Crippen molar-refractivity contribution in [3.8, 4) is 22.8 Å². The van der Waals surface area contributed by atoms with Crippen LogP contribution in [0, 0.1) is 6.92 Å². The third-order valence-electron chi connectivity index (χ3n) is 5.72. The topological polar surface area (TPSA) is 60.3 Å². The minimum Gasteiger partial charge on any atom is -0.496 e. The first kappa shape index (κ1) is 21.4. The van der Waals surface area contributed by atoms with E-state index in [1.54, 1.807) is 7.11 Å². The SMILES string of the molecule is COc1ccccc1-c1nnc(SCC(=O)N2CCCCC2C)n1-c1ccc(C)cc1. The number of rotatable bonds is 6. The van der Waals surface area contributed by atoms with Gasteiger partial charge in [0.05, 0.1) is 18.4 Å². The fraction of sp³-hybridized carbons (Fsp3) is 0.375. The van der Waals surface area contributed by atoms with Gasteiger partial charge in [0.25, 0.3) is 0 Å². The average molecular weight is 437 g/mol. The van der Waals surface area contributed by atoms with Crippen molar-refractivity contribution in [2.24, 2.45) is 0 Å². The highest BCUT2D eigenvalue weighted by Gasteiger charge is 2.25. The van der Waals surface area contributed by atoms with Gasteiger partial charge in [-0.2, -0.15) is 0 Å². The van der Waals surface area contributed by atoms with Crippen LogP contribution < -0.4 is 4.74 Å². The number of piperidine rings is 1.